The number of carbonyl (C=O) groups excluding carboxylic acids is 1. The molecule has 6 nitrogen and oxygen atoms in total. The van der Waals surface area contributed by atoms with E-state index in [9.17, 15) is 14.3 Å². The first-order valence-corrected chi connectivity index (χ1v) is 7.97. The summed E-state index contributed by atoms with van der Waals surface area (Å²) in [7, 11) is 0. The smallest absolute Gasteiger partial charge is 0.269 e. The Hall–Kier alpha value is -2.25. The van der Waals surface area contributed by atoms with Crippen molar-refractivity contribution in [3.63, 3.8) is 0 Å². The van der Waals surface area contributed by atoms with Crippen LogP contribution in [0.1, 0.15) is 23.3 Å². The van der Waals surface area contributed by atoms with E-state index in [2.05, 4.69) is 15.5 Å². The van der Waals surface area contributed by atoms with Crippen LogP contribution in [0, 0.1) is 11.7 Å². The Balaban J connectivity index is 1.47. The highest BCUT2D eigenvalue weighted by atomic mass is 19.1. The van der Waals surface area contributed by atoms with Gasteiger partial charge in [-0.3, -0.25) is 9.89 Å². The minimum absolute atomic E-state index is 0.106. The monoisotopic (exact) mass is 333 g/mol. The summed E-state index contributed by atoms with van der Waals surface area (Å²) in [4.78, 5) is 12.0. The number of halogens is 1. The summed E-state index contributed by atoms with van der Waals surface area (Å²) in [5.74, 6) is -0.0519. The van der Waals surface area contributed by atoms with Gasteiger partial charge < -0.3 is 15.2 Å². The molecule has 0 saturated heterocycles. The molecule has 1 unspecified atom stereocenters. The van der Waals surface area contributed by atoms with E-state index in [0.29, 0.717) is 23.8 Å². The number of aliphatic hydroxyl groups is 1. The lowest BCUT2D eigenvalue weighted by atomic mass is 10.1. The number of amides is 1. The van der Waals surface area contributed by atoms with Gasteiger partial charge in [0.15, 0.2) is 0 Å². The number of benzene rings is 1. The normalized spacial score (nSPS) is 15.2. The predicted molar refractivity (Wildman–Crippen MR) is 85.9 cm³/mol. The van der Waals surface area contributed by atoms with E-state index < -0.39 is 6.10 Å². The van der Waals surface area contributed by atoms with Gasteiger partial charge in [0.25, 0.3) is 5.91 Å². The van der Waals surface area contributed by atoms with Crippen LogP contribution in [-0.2, 0) is 4.74 Å². The first kappa shape index (κ1) is 16.6. The maximum absolute atomic E-state index is 12.9. The van der Waals surface area contributed by atoms with Gasteiger partial charge in [-0.05, 0) is 49.1 Å². The van der Waals surface area contributed by atoms with Crippen molar-refractivity contribution < 1.29 is 19.0 Å². The average Bonchev–Trinajstić information content (AvgIpc) is 3.27. The van der Waals surface area contributed by atoms with Crippen LogP contribution in [0.5, 0.6) is 0 Å². The molecular weight excluding hydrogens is 313 g/mol. The zero-order valence-corrected chi connectivity index (χ0v) is 13.2. The molecule has 1 fully saturated rings. The second-order valence-corrected chi connectivity index (χ2v) is 6.02. The van der Waals surface area contributed by atoms with Crippen molar-refractivity contribution >= 4 is 5.91 Å². The highest BCUT2D eigenvalue weighted by Gasteiger charge is 2.21. The van der Waals surface area contributed by atoms with Crippen molar-refractivity contribution in [2.24, 2.45) is 5.92 Å². The number of nitrogens with zero attached hydrogens (tertiary/aromatic N) is 1. The summed E-state index contributed by atoms with van der Waals surface area (Å²) >= 11 is 0. The number of nitrogens with one attached hydrogen (secondary N) is 2. The number of aromatic amines is 1. The predicted octanol–water partition coefficient (Wildman–Crippen LogP) is 1.73. The highest BCUT2D eigenvalue weighted by molar-refractivity contribution is 5.93. The number of aliphatic hydroxyl groups excluding tert-OH is 1. The van der Waals surface area contributed by atoms with Crippen molar-refractivity contribution in [1.29, 1.82) is 0 Å². The number of rotatable bonds is 8. The number of carbonyl (C=O) groups is 1. The Bertz CT molecular complexity index is 683. The molecule has 7 heteroatoms. The van der Waals surface area contributed by atoms with Gasteiger partial charge in [-0.25, -0.2) is 4.39 Å². The molecule has 1 aliphatic rings. The summed E-state index contributed by atoms with van der Waals surface area (Å²) in [6.45, 7) is 0.988. The van der Waals surface area contributed by atoms with Crippen molar-refractivity contribution in [3.05, 3.63) is 41.8 Å². The van der Waals surface area contributed by atoms with Crippen LogP contribution in [0.25, 0.3) is 11.3 Å². The van der Waals surface area contributed by atoms with Gasteiger partial charge in [0.2, 0.25) is 0 Å². The molecular formula is C17H20FN3O3. The number of H-pyrrole nitrogens is 1. The standard InChI is InChI=1S/C17H20FN3O3/c18-13-5-3-12(4-6-13)15-7-16(21-20-15)17(23)19-8-14(22)10-24-9-11-1-2-11/h3-7,11,14,22H,1-2,8-10H2,(H,19,23)(H,20,21). The maximum atomic E-state index is 12.9. The fourth-order valence-corrected chi connectivity index (χ4v) is 2.23. The lowest BCUT2D eigenvalue weighted by Gasteiger charge is -2.11. The molecule has 0 spiro atoms. The summed E-state index contributed by atoms with van der Waals surface area (Å²) in [5, 5.41) is 19.1. The third kappa shape index (κ3) is 4.62. The molecule has 0 radical (unpaired) electrons. The van der Waals surface area contributed by atoms with E-state index in [4.69, 9.17) is 4.74 Å². The molecule has 3 N–H and O–H groups in total. The van der Waals surface area contributed by atoms with Gasteiger partial charge in [0.05, 0.1) is 18.4 Å². The van der Waals surface area contributed by atoms with E-state index in [1.165, 1.54) is 25.0 Å². The number of ether oxygens (including phenoxy) is 1. The average molecular weight is 333 g/mol. The van der Waals surface area contributed by atoms with Crippen LogP contribution in [0.3, 0.4) is 0 Å². The largest absolute Gasteiger partial charge is 0.389 e. The summed E-state index contributed by atoms with van der Waals surface area (Å²) in [6, 6.07) is 7.43. The molecule has 0 bridgehead atoms. The second-order valence-electron chi connectivity index (χ2n) is 6.02. The van der Waals surface area contributed by atoms with Crippen LogP contribution in [0.2, 0.25) is 0 Å². The molecule has 1 aromatic heterocycles. The fourth-order valence-electron chi connectivity index (χ4n) is 2.23. The van der Waals surface area contributed by atoms with Gasteiger partial charge in [-0.15, -0.1) is 0 Å². The first-order valence-electron chi connectivity index (χ1n) is 7.97. The topological polar surface area (TPSA) is 87.2 Å². The van der Waals surface area contributed by atoms with Gasteiger partial charge in [-0.2, -0.15) is 5.10 Å². The van der Waals surface area contributed by atoms with Crippen molar-refractivity contribution in [1.82, 2.24) is 15.5 Å². The van der Waals surface area contributed by atoms with E-state index >= 15 is 0 Å². The molecule has 1 aliphatic carbocycles. The molecule has 1 atom stereocenters. The van der Waals surface area contributed by atoms with Crippen molar-refractivity contribution in [3.8, 4) is 11.3 Å². The van der Waals surface area contributed by atoms with E-state index in [1.54, 1.807) is 18.2 Å². The molecule has 128 valence electrons. The Morgan fingerprint density at radius 2 is 2.17 bits per heavy atom. The summed E-state index contributed by atoms with van der Waals surface area (Å²) < 4.78 is 18.3. The fraction of sp³-hybridized carbons (Fsp3) is 0.412. The van der Waals surface area contributed by atoms with Crippen LogP contribution < -0.4 is 5.32 Å². The number of hydrogen-bond donors (Lipinski definition) is 3. The lowest BCUT2D eigenvalue weighted by molar-refractivity contribution is 0.0320. The number of aromatic nitrogens is 2. The van der Waals surface area contributed by atoms with Crippen LogP contribution in [0.15, 0.2) is 30.3 Å². The van der Waals surface area contributed by atoms with Gasteiger partial charge in [-0.1, -0.05) is 0 Å². The molecule has 1 saturated carbocycles. The molecule has 1 heterocycles. The quantitative estimate of drug-likeness (QED) is 0.687. The lowest BCUT2D eigenvalue weighted by Crippen LogP contribution is -2.34. The van der Waals surface area contributed by atoms with E-state index in [1.807, 2.05) is 0 Å². The Morgan fingerprint density at radius 1 is 1.42 bits per heavy atom. The van der Waals surface area contributed by atoms with E-state index in [-0.39, 0.29) is 30.6 Å². The Kier molecular flexibility index (Phi) is 5.22. The van der Waals surface area contributed by atoms with Gasteiger partial charge in [0.1, 0.15) is 11.5 Å². The summed E-state index contributed by atoms with van der Waals surface area (Å²) in [5.41, 5.74) is 1.54. The van der Waals surface area contributed by atoms with E-state index in [0.717, 1.165) is 0 Å². The molecule has 3 rings (SSSR count). The number of hydrogen-bond acceptors (Lipinski definition) is 4. The van der Waals surface area contributed by atoms with Crippen LogP contribution in [-0.4, -0.2) is 47.1 Å². The zero-order chi connectivity index (χ0) is 16.9. The Labute approximate surface area is 139 Å². The molecule has 1 amide bonds. The first-order chi connectivity index (χ1) is 11.6. The molecule has 1 aromatic carbocycles. The third-order valence-electron chi connectivity index (χ3n) is 3.82. The highest BCUT2D eigenvalue weighted by Crippen LogP contribution is 2.28. The van der Waals surface area contributed by atoms with Crippen molar-refractivity contribution in [2.75, 3.05) is 19.8 Å². The minimum atomic E-state index is -0.743. The zero-order valence-electron chi connectivity index (χ0n) is 13.2. The molecule has 24 heavy (non-hydrogen) atoms. The van der Waals surface area contributed by atoms with Crippen LogP contribution in [0.4, 0.5) is 4.39 Å². The second kappa shape index (κ2) is 7.55. The SMILES string of the molecule is O=C(NCC(O)COCC1CC1)c1cc(-c2ccc(F)cc2)n[nH]1. The summed E-state index contributed by atoms with van der Waals surface area (Å²) in [6.07, 6.45) is 1.65. The maximum Gasteiger partial charge on any atom is 0.269 e. The minimum Gasteiger partial charge on any atom is -0.389 e. The van der Waals surface area contributed by atoms with Gasteiger partial charge >= 0.3 is 0 Å². The van der Waals surface area contributed by atoms with Crippen LogP contribution >= 0.6 is 0 Å². The Morgan fingerprint density at radius 3 is 2.88 bits per heavy atom. The molecule has 2 aromatic rings. The van der Waals surface area contributed by atoms with Gasteiger partial charge in [0, 0.05) is 18.7 Å². The third-order valence-corrected chi connectivity index (χ3v) is 3.82. The molecule has 0 aliphatic heterocycles. The van der Waals surface area contributed by atoms with Crippen molar-refractivity contribution in [2.45, 2.75) is 18.9 Å².